The Hall–Kier alpha value is -3.72. The average Bonchev–Trinajstić information content (AvgIpc) is 2.79. The molecule has 0 fully saturated rings. The van der Waals surface area contributed by atoms with Crippen molar-refractivity contribution in [1.82, 2.24) is 5.43 Å². The lowest BCUT2D eigenvalue weighted by Gasteiger charge is -2.14. The van der Waals surface area contributed by atoms with Gasteiger partial charge in [-0.3, -0.25) is 14.9 Å². The van der Waals surface area contributed by atoms with Crippen LogP contribution in [0.15, 0.2) is 70.2 Å². The molecule has 3 rings (SSSR count). The second kappa shape index (κ2) is 11.2. The molecule has 0 radical (unpaired) electrons. The van der Waals surface area contributed by atoms with Crippen molar-refractivity contribution in [3.05, 3.63) is 97.5 Å². The summed E-state index contributed by atoms with van der Waals surface area (Å²) in [6.07, 6.45) is 1.52. The van der Waals surface area contributed by atoms with E-state index in [0.717, 1.165) is 11.1 Å². The number of nitrogens with zero attached hydrogens (tertiary/aromatic N) is 2. The van der Waals surface area contributed by atoms with E-state index in [0.29, 0.717) is 33.7 Å². The number of rotatable bonds is 9. The van der Waals surface area contributed by atoms with Gasteiger partial charge in [-0.2, -0.15) is 5.10 Å². The number of carbonyl (C=O) groups excluding carboxylic acids is 1. The largest absolute Gasteiger partial charge is 0.490 e. The predicted molar refractivity (Wildman–Crippen MR) is 129 cm³/mol. The van der Waals surface area contributed by atoms with E-state index in [1.165, 1.54) is 18.3 Å². The number of non-ortho nitro benzene ring substituents is 1. The highest BCUT2D eigenvalue weighted by Gasteiger charge is 2.13. The molecule has 0 aliphatic heterocycles. The van der Waals surface area contributed by atoms with E-state index in [2.05, 4.69) is 26.5 Å². The Morgan fingerprint density at radius 3 is 2.55 bits per heavy atom. The Kier molecular flexibility index (Phi) is 8.15. The number of nitro groups is 1. The third-order valence-electron chi connectivity index (χ3n) is 4.63. The normalized spacial score (nSPS) is 10.8. The second-order valence-corrected chi connectivity index (χ2v) is 7.84. The highest BCUT2D eigenvalue weighted by molar-refractivity contribution is 9.10. The van der Waals surface area contributed by atoms with Gasteiger partial charge in [0.1, 0.15) is 6.61 Å². The summed E-state index contributed by atoms with van der Waals surface area (Å²) >= 11 is 3.50. The number of ether oxygens (including phenoxy) is 2. The van der Waals surface area contributed by atoms with Crippen LogP contribution in [0.4, 0.5) is 5.69 Å². The topological polar surface area (TPSA) is 103 Å². The Labute approximate surface area is 199 Å². The van der Waals surface area contributed by atoms with Crippen molar-refractivity contribution in [2.75, 3.05) is 6.61 Å². The number of nitrogens with one attached hydrogen (secondary N) is 1. The zero-order valence-corrected chi connectivity index (χ0v) is 19.7. The van der Waals surface area contributed by atoms with E-state index in [1.54, 1.807) is 36.4 Å². The van der Waals surface area contributed by atoms with Gasteiger partial charge in [0.25, 0.3) is 11.6 Å². The van der Waals surface area contributed by atoms with Crippen molar-refractivity contribution in [3.63, 3.8) is 0 Å². The van der Waals surface area contributed by atoms with E-state index in [4.69, 9.17) is 9.47 Å². The third kappa shape index (κ3) is 6.39. The third-order valence-corrected chi connectivity index (χ3v) is 5.22. The van der Waals surface area contributed by atoms with Crippen LogP contribution in [-0.4, -0.2) is 23.7 Å². The highest BCUT2D eigenvalue weighted by Crippen LogP contribution is 2.37. The van der Waals surface area contributed by atoms with Crippen LogP contribution < -0.4 is 14.9 Å². The molecule has 0 aliphatic carbocycles. The van der Waals surface area contributed by atoms with Gasteiger partial charge in [0.05, 0.1) is 22.2 Å². The number of benzene rings is 3. The van der Waals surface area contributed by atoms with Crippen LogP contribution in [0.5, 0.6) is 11.5 Å². The minimum atomic E-state index is -0.446. The molecule has 0 aliphatic rings. The molecule has 0 heterocycles. The molecule has 3 aromatic carbocycles. The summed E-state index contributed by atoms with van der Waals surface area (Å²) in [6.45, 7) is 4.35. The second-order valence-electron chi connectivity index (χ2n) is 6.99. The molecular formula is C24H22BrN3O5. The summed E-state index contributed by atoms with van der Waals surface area (Å²) < 4.78 is 12.3. The van der Waals surface area contributed by atoms with Gasteiger partial charge in [0.2, 0.25) is 0 Å². The SMILES string of the molecule is CCOc1cc(/C=N\NC(=O)c2ccccc2C)cc(Br)c1OCc1ccc([N+](=O)[O-])cc1. The molecule has 1 N–H and O–H groups in total. The van der Waals surface area contributed by atoms with Gasteiger partial charge in [0.15, 0.2) is 11.5 Å². The van der Waals surface area contributed by atoms with Crippen molar-refractivity contribution in [1.29, 1.82) is 0 Å². The summed E-state index contributed by atoms with van der Waals surface area (Å²) in [6, 6.07) is 17.0. The molecule has 0 saturated carbocycles. The quantitative estimate of drug-likeness (QED) is 0.235. The summed E-state index contributed by atoms with van der Waals surface area (Å²) in [5, 5.41) is 14.9. The number of hydrogen-bond acceptors (Lipinski definition) is 6. The van der Waals surface area contributed by atoms with Gasteiger partial charge in [-0.15, -0.1) is 0 Å². The first-order chi connectivity index (χ1) is 15.9. The van der Waals surface area contributed by atoms with Crippen LogP contribution >= 0.6 is 15.9 Å². The lowest BCUT2D eigenvalue weighted by molar-refractivity contribution is -0.384. The van der Waals surface area contributed by atoms with Crippen LogP contribution in [0.25, 0.3) is 0 Å². The summed E-state index contributed by atoms with van der Waals surface area (Å²) in [7, 11) is 0. The summed E-state index contributed by atoms with van der Waals surface area (Å²) in [5.74, 6) is 0.702. The first-order valence-corrected chi connectivity index (χ1v) is 10.9. The van der Waals surface area contributed by atoms with Gasteiger partial charge >= 0.3 is 0 Å². The van der Waals surface area contributed by atoms with Crippen LogP contribution in [0, 0.1) is 17.0 Å². The molecule has 0 saturated heterocycles. The maximum atomic E-state index is 12.3. The standard InChI is InChI=1S/C24H22BrN3O5/c1-3-32-22-13-18(14-26-27-24(29)20-7-5-4-6-16(20)2)12-21(25)23(22)33-15-17-8-10-19(11-9-17)28(30)31/h4-14H,3,15H2,1-2H3,(H,27,29)/b26-14-. The number of aryl methyl sites for hydroxylation is 1. The number of hydrogen-bond donors (Lipinski definition) is 1. The number of amides is 1. The first-order valence-electron chi connectivity index (χ1n) is 10.1. The maximum Gasteiger partial charge on any atom is 0.271 e. The molecule has 33 heavy (non-hydrogen) atoms. The smallest absolute Gasteiger partial charge is 0.271 e. The highest BCUT2D eigenvalue weighted by atomic mass is 79.9. The van der Waals surface area contributed by atoms with Gasteiger partial charge in [0, 0.05) is 17.7 Å². The van der Waals surface area contributed by atoms with Crippen molar-refractivity contribution in [2.45, 2.75) is 20.5 Å². The van der Waals surface area contributed by atoms with E-state index in [1.807, 2.05) is 26.0 Å². The molecule has 0 spiro atoms. The lowest BCUT2D eigenvalue weighted by atomic mass is 10.1. The fourth-order valence-corrected chi connectivity index (χ4v) is 3.56. The summed E-state index contributed by atoms with van der Waals surface area (Å²) in [4.78, 5) is 22.7. The molecule has 3 aromatic rings. The molecule has 8 nitrogen and oxygen atoms in total. The maximum absolute atomic E-state index is 12.3. The molecule has 0 atom stereocenters. The molecule has 170 valence electrons. The minimum Gasteiger partial charge on any atom is -0.490 e. The number of carbonyl (C=O) groups is 1. The fourth-order valence-electron chi connectivity index (χ4n) is 2.99. The van der Waals surface area contributed by atoms with Crippen LogP contribution in [-0.2, 0) is 6.61 Å². The van der Waals surface area contributed by atoms with Crippen molar-refractivity contribution in [2.24, 2.45) is 5.10 Å². The van der Waals surface area contributed by atoms with E-state index in [9.17, 15) is 14.9 Å². The van der Waals surface area contributed by atoms with Crippen molar-refractivity contribution < 1.29 is 19.2 Å². The number of nitro benzene ring substituents is 1. The van der Waals surface area contributed by atoms with Crippen LogP contribution in [0.2, 0.25) is 0 Å². The average molecular weight is 512 g/mol. The zero-order valence-electron chi connectivity index (χ0n) is 18.1. The molecule has 0 bridgehead atoms. The summed E-state index contributed by atoms with van der Waals surface area (Å²) in [5.41, 5.74) is 5.44. The van der Waals surface area contributed by atoms with Crippen LogP contribution in [0.3, 0.4) is 0 Å². The Bertz CT molecular complexity index is 1180. The number of hydrazone groups is 1. The van der Waals surface area contributed by atoms with Gasteiger partial charge in [-0.1, -0.05) is 18.2 Å². The van der Waals surface area contributed by atoms with Crippen molar-refractivity contribution >= 4 is 33.7 Å². The molecule has 0 unspecified atom stereocenters. The Morgan fingerprint density at radius 2 is 1.88 bits per heavy atom. The molecule has 0 aromatic heterocycles. The molecule has 9 heteroatoms. The van der Waals surface area contributed by atoms with Gasteiger partial charge in [-0.05, 0) is 76.8 Å². The molecular weight excluding hydrogens is 490 g/mol. The zero-order chi connectivity index (χ0) is 23.8. The Balaban J connectivity index is 1.72. The van der Waals surface area contributed by atoms with E-state index in [-0.39, 0.29) is 18.2 Å². The minimum absolute atomic E-state index is 0.0214. The Morgan fingerprint density at radius 1 is 1.15 bits per heavy atom. The van der Waals surface area contributed by atoms with Gasteiger partial charge < -0.3 is 9.47 Å². The monoisotopic (exact) mass is 511 g/mol. The van der Waals surface area contributed by atoms with E-state index < -0.39 is 4.92 Å². The van der Waals surface area contributed by atoms with E-state index >= 15 is 0 Å². The number of halogens is 1. The van der Waals surface area contributed by atoms with Gasteiger partial charge in [-0.25, -0.2) is 5.43 Å². The van der Waals surface area contributed by atoms with Crippen molar-refractivity contribution in [3.8, 4) is 11.5 Å². The first kappa shape index (κ1) is 23.9. The van der Waals surface area contributed by atoms with Crippen LogP contribution in [0.1, 0.15) is 34.0 Å². The fraction of sp³-hybridized carbons (Fsp3) is 0.167. The molecule has 1 amide bonds. The predicted octanol–water partition coefficient (Wildman–Crippen LogP) is 5.41. The lowest BCUT2D eigenvalue weighted by Crippen LogP contribution is -2.18.